The van der Waals surface area contributed by atoms with Gasteiger partial charge in [0.15, 0.2) is 0 Å². The Morgan fingerprint density at radius 2 is 2.57 bits per heavy atom. The molecular formula is C11H14BrNO. The first kappa shape index (κ1) is 8.98. The van der Waals surface area contributed by atoms with E-state index in [9.17, 15) is 0 Å². The third-order valence-electron chi connectivity index (χ3n) is 3.70. The van der Waals surface area contributed by atoms with Crippen molar-refractivity contribution in [1.82, 2.24) is 5.32 Å². The average Bonchev–Trinajstić information content (AvgIpc) is 2.57. The second-order valence-electron chi connectivity index (χ2n) is 4.49. The van der Waals surface area contributed by atoms with E-state index in [1.807, 2.05) is 6.07 Å². The van der Waals surface area contributed by atoms with E-state index in [-0.39, 0.29) is 0 Å². The van der Waals surface area contributed by atoms with Gasteiger partial charge in [0.2, 0.25) is 0 Å². The lowest BCUT2D eigenvalue weighted by Gasteiger charge is -2.13. The number of furan rings is 1. The van der Waals surface area contributed by atoms with Crippen LogP contribution in [0.5, 0.6) is 0 Å². The van der Waals surface area contributed by atoms with Crippen molar-refractivity contribution in [3.05, 3.63) is 22.6 Å². The van der Waals surface area contributed by atoms with Crippen LogP contribution < -0.4 is 5.32 Å². The van der Waals surface area contributed by atoms with Gasteiger partial charge in [-0.05, 0) is 47.2 Å². The van der Waals surface area contributed by atoms with Crippen molar-refractivity contribution < 1.29 is 4.42 Å². The van der Waals surface area contributed by atoms with Crippen LogP contribution in [0.3, 0.4) is 0 Å². The van der Waals surface area contributed by atoms with Gasteiger partial charge in [0.1, 0.15) is 5.76 Å². The summed E-state index contributed by atoms with van der Waals surface area (Å²) < 4.78 is 6.46. The number of halogens is 1. The molecule has 0 bridgehead atoms. The highest BCUT2D eigenvalue weighted by Gasteiger charge is 2.56. The Bertz CT molecular complexity index is 349. The first-order chi connectivity index (χ1) is 6.80. The third-order valence-corrected chi connectivity index (χ3v) is 4.41. The van der Waals surface area contributed by atoms with Crippen molar-refractivity contribution >= 4 is 15.9 Å². The van der Waals surface area contributed by atoms with Crippen LogP contribution in [-0.4, -0.2) is 5.54 Å². The van der Waals surface area contributed by atoms with Crippen LogP contribution in [0.2, 0.25) is 0 Å². The third kappa shape index (κ3) is 1.34. The summed E-state index contributed by atoms with van der Waals surface area (Å²) in [5.74, 6) is 1.98. The summed E-state index contributed by atoms with van der Waals surface area (Å²) in [6.07, 6.45) is 7.29. The van der Waals surface area contributed by atoms with E-state index in [0.717, 1.165) is 22.7 Å². The van der Waals surface area contributed by atoms with E-state index in [1.165, 1.54) is 25.7 Å². The topological polar surface area (TPSA) is 25.2 Å². The SMILES string of the molecule is Brc1ccoc1CNC12CCCC1C2. The number of nitrogens with one attached hydrogen (secondary N) is 1. The van der Waals surface area contributed by atoms with Crippen molar-refractivity contribution in [1.29, 1.82) is 0 Å². The van der Waals surface area contributed by atoms with Gasteiger partial charge in [0.25, 0.3) is 0 Å². The van der Waals surface area contributed by atoms with E-state index >= 15 is 0 Å². The lowest BCUT2D eigenvalue weighted by atomic mass is 10.2. The lowest BCUT2D eigenvalue weighted by molar-refractivity contribution is 0.422. The molecule has 14 heavy (non-hydrogen) atoms. The fourth-order valence-electron chi connectivity index (χ4n) is 2.74. The summed E-state index contributed by atoms with van der Waals surface area (Å²) in [4.78, 5) is 0. The Hall–Kier alpha value is -0.280. The zero-order valence-corrected chi connectivity index (χ0v) is 9.64. The Morgan fingerprint density at radius 1 is 1.64 bits per heavy atom. The van der Waals surface area contributed by atoms with Gasteiger partial charge in [0, 0.05) is 5.54 Å². The molecule has 0 radical (unpaired) electrons. The molecule has 2 nitrogen and oxygen atoms in total. The number of hydrogen-bond acceptors (Lipinski definition) is 2. The second kappa shape index (κ2) is 3.11. The highest BCUT2D eigenvalue weighted by Crippen LogP contribution is 2.55. The summed E-state index contributed by atoms with van der Waals surface area (Å²) in [5, 5.41) is 3.65. The molecular weight excluding hydrogens is 242 g/mol. The molecule has 2 saturated carbocycles. The number of fused-ring (bicyclic) bond motifs is 1. The fraction of sp³-hybridized carbons (Fsp3) is 0.636. The molecule has 1 aromatic heterocycles. The fourth-order valence-corrected chi connectivity index (χ4v) is 3.08. The second-order valence-corrected chi connectivity index (χ2v) is 5.35. The number of rotatable bonds is 3. The Labute approximate surface area is 92.2 Å². The van der Waals surface area contributed by atoms with Crippen LogP contribution in [0.1, 0.15) is 31.4 Å². The molecule has 2 aliphatic rings. The normalized spacial score (nSPS) is 34.5. The van der Waals surface area contributed by atoms with Gasteiger partial charge in [-0.3, -0.25) is 0 Å². The first-order valence-electron chi connectivity index (χ1n) is 5.27. The van der Waals surface area contributed by atoms with Crippen LogP contribution >= 0.6 is 15.9 Å². The molecule has 0 saturated heterocycles. The van der Waals surface area contributed by atoms with Gasteiger partial charge in [-0.1, -0.05) is 6.42 Å². The van der Waals surface area contributed by atoms with Gasteiger partial charge < -0.3 is 9.73 Å². The van der Waals surface area contributed by atoms with E-state index in [2.05, 4.69) is 21.2 Å². The minimum atomic E-state index is 0.492. The summed E-state index contributed by atoms with van der Waals surface area (Å²) >= 11 is 3.47. The Morgan fingerprint density at radius 3 is 3.14 bits per heavy atom. The Kier molecular flexibility index (Phi) is 1.99. The van der Waals surface area contributed by atoms with Crippen LogP contribution in [0.15, 0.2) is 21.2 Å². The Balaban J connectivity index is 1.63. The van der Waals surface area contributed by atoms with Gasteiger partial charge >= 0.3 is 0 Å². The van der Waals surface area contributed by atoms with Crippen molar-refractivity contribution in [3.8, 4) is 0 Å². The monoisotopic (exact) mass is 255 g/mol. The molecule has 1 aromatic rings. The van der Waals surface area contributed by atoms with E-state index in [0.29, 0.717) is 5.54 Å². The molecule has 2 aliphatic carbocycles. The molecule has 2 unspecified atom stereocenters. The van der Waals surface area contributed by atoms with Crippen LogP contribution in [0.25, 0.3) is 0 Å². The highest BCUT2D eigenvalue weighted by atomic mass is 79.9. The molecule has 0 spiro atoms. The molecule has 0 aliphatic heterocycles. The summed E-state index contributed by atoms with van der Waals surface area (Å²) in [6.45, 7) is 0.865. The minimum Gasteiger partial charge on any atom is -0.467 e. The smallest absolute Gasteiger partial charge is 0.131 e. The van der Waals surface area contributed by atoms with E-state index in [1.54, 1.807) is 6.26 Å². The van der Waals surface area contributed by atoms with E-state index < -0.39 is 0 Å². The molecule has 3 heteroatoms. The average molecular weight is 256 g/mol. The highest BCUT2D eigenvalue weighted by molar-refractivity contribution is 9.10. The number of hydrogen-bond donors (Lipinski definition) is 1. The van der Waals surface area contributed by atoms with E-state index in [4.69, 9.17) is 4.42 Å². The minimum absolute atomic E-state index is 0.492. The van der Waals surface area contributed by atoms with Crippen molar-refractivity contribution in [2.45, 2.75) is 37.8 Å². The summed E-state index contributed by atoms with van der Waals surface area (Å²) in [6, 6.07) is 1.95. The maximum Gasteiger partial charge on any atom is 0.131 e. The van der Waals surface area contributed by atoms with Gasteiger partial charge in [-0.15, -0.1) is 0 Å². The zero-order chi connectivity index (χ0) is 9.60. The molecule has 0 amide bonds. The standard InChI is InChI=1S/C11H14BrNO/c12-9-3-5-14-10(9)7-13-11-4-1-2-8(11)6-11/h3,5,8,13H,1-2,4,6-7H2. The molecule has 76 valence electrons. The van der Waals surface area contributed by atoms with Crippen molar-refractivity contribution in [2.24, 2.45) is 5.92 Å². The molecule has 0 aromatic carbocycles. The largest absolute Gasteiger partial charge is 0.467 e. The van der Waals surface area contributed by atoms with Crippen LogP contribution in [-0.2, 0) is 6.54 Å². The van der Waals surface area contributed by atoms with Gasteiger partial charge in [-0.25, -0.2) is 0 Å². The van der Waals surface area contributed by atoms with Crippen LogP contribution in [0.4, 0.5) is 0 Å². The summed E-state index contributed by atoms with van der Waals surface area (Å²) in [5.41, 5.74) is 0.492. The predicted molar refractivity (Wildman–Crippen MR) is 57.9 cm³/mol. The van der Waals surface area contributed by atoms with Crippen LogP contribution in [0, 0.1) is 5.92 Å². The van der Waals surface area contributed by atoms with Crippen molar-refractivity contribution in [3.63, 3.8) is 0 Å². The van der Waals surface area contributed by atoms with Crippen molar-refractivity contribution in [2.75, 3.05) is 0 Å². The maximum atomic E-state index is 5.38. The molecule has 3 rings (SSSR count). The maximum absolute atomic E-state index is 5.38. The van der Waals surface area contributed by atoms with Gasteiger partial charge in [0.05, 0.1) is 17.3 Å². The lowest BCUT2D eigenvalue weighted by Crippen LogP contribution is -2.30. The predicted octanol–water partition coefficient (Wildman–Crippen LogP) is 3.07. The quantitative estimate of drug-likeness (QED) is 0.899. The molecule has 2 fully saturated rings. The molecule has 2 atom stereocenters. The first-order valence-corrected chi connectivity index (χ1v) is 6.06. The molecule has 1 N–H and O–H groups in total. The van der Waals surface area contributed by atoms with Gasteiger partial charge in [-0.2, -0.15) is 0 Å². The zero-order valence-electron chi connectivity index (χ0n) is 8.05. The molecule has 1 heterocycles. The summed E-state index contributed by atoms with van der Waals surface area (Å²) in [7, 11) is 0.